The van der Waals surface area contributed by atoms with Gasteiger partial charge in [-0.15, -0.1) is 0 Å². The van der Waals surface area contributed by atoms with E-state index < -0.39 is 0 Å². The zero-order valence-electron chi connectivity index (χ0n) is 5.41. The Bertz CT molecular complexity index is 160. The molecule has 9 heavy (non-hydrogen) atoms. The number of hydrogen-bond acceptors (Lipinski definition) is 3. The molecule has 0 amide bonds. The third-order valence-electron chi connectivity index (χ3n) is 1.37. The number of nitrogens with two attached hydrogens (primary N) is 2. The first-order chi connectivity index (χ1) is 4.22. The summed E-state index contributed by atoms with van der Waals surface area (Å²) in [4.78, 5) is 0. The van der Waals surface area contributed by atoms with Crippen LogP contribution in [0.15, 0.2) is 23.9 Å². The van der Waals surface area contributed by atoms with Crippen molar-refractivity contribution in [1.29, 1.82) is 0 Å². The van der Waals surface area contributed by atoms with E-state index >= 15 is 0 Å². The fourth-order valence-electron chi connectivity index (χ4n) is 0.723. The highest BCUT2D eigenvalue weighted by atomic mass is 15.5. The fraction of sp³-hybridized carbons (Fsp3) is 0.333. The predicted octanol–water partition coefficient (Wildman–Crippen LogP) is -0.0795. The molecule has 0 saturated heterocycles. The molecule has 0 aliphatic carbocycles. The van der Waals surface area contributed by atoms with Gasteiger partial charge in [-0.3, -0.25) is 5.01 Å². The molecule has 1 aliphatic heterocycles. The summed E-state index contributed by atoms with van der Waals surface area (Å²) >= 11 is 0. The lowest BCUT2D eigenvalue weighted by Crippen LogP contribution is -2.45. The van der Waals surface area contributed by atoms with Crippen LogP contribution in [0.25, 0.3) is 0 Å². The second-order valence-electron chi connectivity index (χ2n) is 2.09. The van der Waals surface area contributed by atoms with Crippen molar-refractivity contribution in [3.05, 3.63) is 23.9 Å². The van der Waals surface area contributed by atoms with Crippen LogP contribution in [0.2, 0.25) is 0 Å². The summed E-state index contributed by atoms with van der Waals surface area (Å²) in [6.45, 7) is 1.92. The molecule has 1 rings (SSSR count). The summed E-state index contributed by atoms with van der Waals surface area (Å²) in [7, 11) is 0. The molecule has 0 aromatic rings. The number of rotatable bonds is 0. The smallest absolute Gasteiger partial charge is 0.111 e. The van der Waals surface area contributed by atoms with E-state index in [1.807, 2.05) is 25.2 Å². The third-order valence-corrected chi connectivity index (χ3v) is 1.37. The molecule has 3 heteroatoms. The Hall–Kier alpha value is -0.800. The molecular formula is C6H11N3. The molecule has 1 heterocycles. The monoisotopic (exact) mass is 125 g/mol. The minimum absolute atomic E-state index is 0.157. The highest BCUT2D eigenvalue weighted by Gasteiger charge is 2.08. The first kappa shape index (κ1) is 6.32. The summed E-state index contributed by atoms with van der Waals surface area (Å²) in [5.74, 6) is 5.51. The lowest BCUT2D eigenvalue weighted by atomic mass is 10.2. The molecule has 0 fully saturated rings. The summed E-state index contributed by atoms with van der Waals surface area (Å²) in [5, 5.41) is 1.53. The van der Waals surface area contributed by atoms with Crippen LogP contribution in [0.5, 0.6) is 0 Å². The third kappa shape index (κ3) is 1.12. The Morgan fingerprint density at radius 1 is 1.67 bits per heavy atom. The summed E-state index contributed by atoms with van der Waals surface area (Å²) in [6.07, 6.45) is 5.51. The Kier molecular flexibility index (Phi) is 1.55. The topological polar surface area (TPSA) is 55.3 Å². The van der Waals surface area contributed by atoms with Crippen LogP contribution >= 0.6 is 0 Å². The normalized spacial score (nSPS) is 26.3. The van der Waals surface area contributed by atoms with Gasteiger partial charge in [0, 0.05) is 5.70 Å². The largest absolute Gasteiger partial charge is 0.307 e. The van der Waals surface area contributed by atoms with Crippen molar-refractivity contribution < 1.29 is 0 Å². The molecule has 3 nitrogen and oxygen atoms in total. The molecule has 0 bridgehead atoms. The number of hydrazine groups is 1. The Labute approximate surface area is 54.6 Å². The van der Waals surface area contributed by atoms with Gasteiger partial charge in [0.15, 0.2) is 0 Å². The second kappa shape index (κ2) is 2.21. The summed E-state index contributed by atoms with van der Waals surface area (Å²) < 4.78 is 0. The van der Waals surface area contributed by atoms with Gasteiger partial charge >= 0.3 is 0 Å². The van der Waals surface area contributed by atoms with Crippen LogP contribution in [-0.4, -0.2) is 11.2 Å². The van der Waals surface area contributed by atoms with Gasteiger partial charge in [0.2, 0.25) is 0 Å². The van der Waals surface area contributed by atoms with E-state index in [2.05, 4.69) is 0 Å². The minimum Gasteiger partial charge on any atom is -0.307 e. The zero-order chi connectivity index (χ0) is 6.85. The first-order valence-electron chi connectivity index (χ1n) is 2.86. The van der Waals surface area contributed by atoms with Crippen molar-refractivity contribution in [1.82, 2.24) is 5.01 Å². The molecule has 1 aliphatic rings. The van der Waals surface area contributed by atoms with Gasteiger partial charge in [0.25, 0.3) is 0 Å². The van der Waals surface area contributed by atoms with Gasteiger partial charge in [-0.05, 0) is 19.1 Å². The van der Waals surface area contributed by atoms with Gasteiger partial charge in [0.1, 0.15) is 6.17 Å². The van der Waals surface area contributed by atoms with Crippen molar-refractivity contribution in [2.24, 2.45) is 11.6 Å². The average Bonchev–Trinajstić information content (AvgIpc) is 1.83. The van der Waals surface area contributed by atoms with Crippen LogP contribution in [-0.2, 0) is 0 Å². The Balaban J connectivity index is 2.73. The summed E-state index contributed by atoms with van der Waals surface area (Å²) in [6, 6.07) is 0. The van der Waals surface area contributed by atoms with Crippen molar-refractivity contribution in [3.63, 3.8) is 0 Å². The van der Waals surface area contributed by atoms with E-state index in [0.717, 1.165) is 5.70 Å². The van der Waals surface area contributed by atoms with Gasteiger partial charge in [0.05, 0.1) is 0 Å². The molecule has 0 radical (unpaired) electrons. The Morgan fingerprint density at radius 3 is 2.78 bits per heavy atom. The van der Waals surface area contributed by atoms with E-state index in [9.17, 15) is 0 Å². The van der Waals surface area contributed by atoms with E-state index in [1.165, 1.54) is 5.01 Å². The maximum absolute atomic E-state index is 5.54. The van der Waals surface area contributed by atoms with Crippen LogP contribution in [0, 0.1) is 0 Å². The lowest BCUT2D eigenvalue weighted by molar-refractivity contribution is 0.304. The molecular weight excluding hydrogens is 114 g/mol. The number of hydrogen-bond donors (Lipinski definition) is 2. The molecule has 0 aromatic carbocycles. The molecule has 1 unspecified atom stereocenters. The van der Waals surface area contributed by atoms with Gasteiger partial charge in [-0.25, -0.2) is 5.84 Å². The predicted molar refractivity (Wildman–Crippen MR) is 36.9 cm³/mol. The van der Waals surface area contributed by atoms with Gasteiger partial charge in [-0.1, -0.05) is 6.08 Å². The number of allylic oxidation sites excluding steroid dienone is 3. The van der Waals surface area contributed by atoms with E-state index in [-0.39, 0.29) is 6.17 Å². The summed E-state index contributed by atoms with van der Waals surface area (Å²) in [5.41, 5.74) is 6.53. The lowest BCUT2D eigenvalue weighted by Gasteiger charge is -2.26. The van der Waals surface area contributed by atoms with Gasteiger partial charge < -0.3 is 5.73 Å². The fourth-order valence-corrected chi connectivity index (χ4v) is 0.723. The van der Waals surface area contributed by atoms with Crippen molar-refractivity contribution in [3.8, 4) is 0 Å². The molecule has 4 N–H and O–H groups in total. The second-order valence-corrected chi connectivity index (χ2v) is 2.09. The van der Waals surface area contributed by atoms with Crippen molar-refractivity contribution >= 4 is 0 Å². The van der Waals surface area contributed by atoms with Gasteiger partial charge in [-0.2, -0.15) is 0 Å². The maximum Gasteiger partial charge on any atom is 0.111 e. The van der Waals surface area contributed by atoms with E-state index in [1.54, 1.807) is 0 Å². The highest BCUT2D eigenvalue weighted by Crippen LogP contribution is 2.05. The van der Waals surface area contributed by atoms with E-state index in [4.69, 9.17) is 11.6 Å². The van der Waals surface area contributed by atoms with E-state index in [0.29, 0.717) is 0 Å². The average molecular weight is 125 g/mol. The van der Waals surface area contributed by atoms with Crippen molar-refractivity contribution in [2.75, 3.05) is 0 Å². The van der Waals surface area contributed by atoms with Crippen LogP contribution in [0.3, 0.4) is 0 Å². The molecule has 0 aromatic heterocycles. The highest BCUT2D eigenvalue weighted by molar-refractivity contribution is 5.17. The Morgan fingerprint density at radius 2 is 2.33 bits per heavy atom. The number of nitrogens with zero attached hydrogens (tertiary/aromatic N) is 1. The van der Waals surface area contributed by atoms with Crippen LogP contribution in [0.4, 0.5) is 0 Å². The quantitative estimate of drug-likeness (QED) is 0.445. The standard InChI is InChI=1S/C6H11N3/c1-5-3-2-4-6(7)9(5)8/h2-4,6H,7-8H2,1H3. The zero-order valence-corrected chi connectivity index (χ0v) is 5.41. The maximum atomic E-state index is 5.54. The molecule has 50 valence electrons. The van der Waals surface area contributed by atoms with Crippen LogP contribution < -0.4 is 11.6 Å². The first-order valence-corrected chi connectivity index (χ1v) is 2.86. The molecule has 1 atom stereocenters. The molecule has 0 spiro atoms. The van der Waals surface area contributed by atoms with Crippen molar-refractivity contribution in [2.45, 2.75) is 13.1 Å². The van der Waals surface area contributed by atoms with Crippen LogP contribution in [0.1, 0.15) is 6.92 Å². The minimum atomic E-state index is -0.157. The molecule has 0 saturated carbocycles. The SMILES string of the molecule is CC1=CC=CC(N)N1N.